The van der Waals surface area contributed by atoms with Crippen LogP contribution >= 0.6 is 27.7 Å². The van der Waals surface area contributed by atoms with Crippen molar-refractivity contribution >= 4 is 33.6 Å². The van der Waals surface area contributed by atoms with Crippen LogP contribution in [0.5, 0.6) is 0 Å². The van der Waals surface area contributed by atoms with Crippen LogP contribution in [0.15, 0.2) is 64.4 Å². The van der Waals surface area contributed by atoms with Crippen molar-refractivity contribution in [1.82, 2.24) is 14.9 Å². The summed E-state index contributed by atoms with van der Waals surface area (Å²) in [6.45, 7) is 2.48. The highest BCUT2D eigenvalue weighted by Gasteiger charge is 2.13. The van der Waals surface area contributed by atoms with Crippen molar-refractivity contribution in [2.45, 2.75) is 37.5 Å². The molecule has 0 radical (unpaired) electrons. The van der Waals surface area contributed by atoms with E-state index in [1.54, 1.807) is 22.5 Å². The number of carbonyl (C=O) groups excluding carboxylic acids is 1. The molecule has 0 bridgehead atoms. The summed E-state index contributed by atoms with van der Waals surface area (Å²) in [6, 6.07) is 16.2. The quantitative estimate of drug-likeness (QED) is 0.498. The maximum Gasteiger partial charge on any atom is 0.240 e. The third kappa shape index (κ3) is 5.70. The molecule has 1 heterocycles. The number of thioether (sulfide) groups is 1. The van der Waals surface area contributed by atoms with E-state index in [1.165, 1.54) is 5.56 Å². The molecule has 3 rings (SSSR count). The number of aliphatic hydroxyl groups is 1. The number of hydrogen-bond acceptors (Lipinski definition) is 4. The first-order chi connectivity index (χ1) is 13.5. The maximum atomic E-state index is 12.4. The second kappa shape index (κ2) is 9.91. The van der Waals surface area contributed by atoms with Gasteiger partial charge in [0.05, 0.1) is 18.5 Å². The Morgan fingerprint density at radius 2 is 1.82 bits per heavy atom. The lowest BCUT2D eigenvalue weighted by Gasteiger charge is -2.11. The normalized spacial score (nSPS) is 10.8. The smallest absolute Gasteiger partial charge is 0.240 e. The van der Waals surface area contributed by atoms with Gasteiger partial charge in [0.2, 0.25) is 5.91 Å². The van der Waals surface area contributed by atoms with E-state index in [-0.39, 0.29) is 19.1 Å². The van der Waals surface area contributed by atoms with E-state index in [4.69, 9.17) is 0 Å². The van der Waals surface area contributed by atoms with Gasteiger partial charge in [-0.05, 0) is 30.2 Å². The van der Waals surface area contributed by atoms with E-state index >= 15 is 0 Å². The lowest BCUT2D eigenvalue weighted by molar-refractivity contribution is -0.122. The molecule has 1 aromatic heterocycles. The molecule has 0 unspecified atom stereocenters. The molecule has 0 aliphatic carbocycles. The Balaban J connectivity index is 1.61. The number of benzene rings is 2. The second-order valence-corrected chi connectivity index (χ2v) is 8.31. The van der Waals surface area contributed by atoms with Crippen molar-refractivity contribution in [3.05, 3.63) is 81.6 Å². The number of imidazole rings is 1. The maximum absolute atomic E-state index is 12.4. The molecular formula is C21H22BrN3O2S. The molecule has 2 N–H and O–H groups in total. The van der Waals surface area contributed by atoms with Gasteiger partial charge in [0.1, 0.15) is 6.54 Å². The van der Waals surface area contributed by atoms with Crippen molar-refractivity contribution in [3.8, 4) is 0 Å². The fourth-order valence-electron chi connectivity index (χ4n) is 2.64. The average Bonchev–Trinajstić information content (AvgIpc) is 3.08. The number of hydrogen-bond donors (Lipinski definition) is 2. The molecule has 2 aromatic carbocycles. The minimum absolute atomic E-state index is 0.112. The van der Waals surface area contributed by atoms with Crippen LogP contribution in [0.25, 0.3) is 0 Å². The second-order valence-electron chi connectivity index (χ2n) is 6.45. The highest BCUT2D eigenvalue weighted by atomic mass is 79.9. The van der Waals surface area contributed by atoms with Crippen LogP contribution in [0, 0.1) is 6.92 Å². The molecule has 0 aliphatic rings. The number of nitrogens with zero attached hydrogens (tertiary/aromatic N) is 2. The average molecular weight is 460 g/mol. The van der Waals surface area contributed by atoms with E-state index in [1.807, 2.05) is 55.5 Å². The van der Waals surface area contributed by atoms with Crippen LogP contribution in [0.4, 0.5) is 0 Å². The Hall–Kier alpha value is -2.09. The summed E-state index contributed by atoms with van der Waals surface area (Å²) in [5.41, 5.74) is 4.03. The SMILES string of the molecule is Cc1ccc(CNC(=O)Cn2c(CO)cnc2SCc2ccc(Br)cc2)cc1. The predicted octanol–water partition coefficient (Wildman–Crippen LogP) is 4.06. The summed E-state index contributed by atoms with van der Waals surface area (Å²) in [5, 5.41) is 13.2. The van der Waals surface area contributed by atoms with Crippen molar-refractivity contribution in [2.75, 3.05) is 0 Å². The van der Waals surface area contributed by atoms with Gasteiger partial charge in [-0.1, -0.05) is 69.7 Å². The van der Waals surface area contributed by atoms with Gasteiger partial charge in [0, 0.05) is 16.8 Å². The molecule has 28 heavy (non-hydrogen) atoms. The van der Waals surface area contributed by atoms with Gasteiger partial charge in [0.15, 0.2) is 5.16 Å². The van der Waals surface area contributed by atoms with Gasteiger partial charge < -0.3 is 15.0 Å². The molecule has 5 nitrogen and oxygen atoms in total. The zero-order chi connectivity index (χ0) is 19.9. The lowest BCUT2D eigenvalue weighted by atomic mass is 10.1. The number of nitrogens with one attached hydrogen (secondary N) is 1. The Bertz CT molecular complexity index is 924. The van der Waals surface area contributed by atoms with Crippen LogP contribution < -0.4 is 5.32 Å². The van der Waals surface area contributed by atoms with E-state index in [0.29, 0.717) is 12.2 Å². The summed E-state index contributed by atoms with van der Waals surface area (Å²) in [4.78, 5) is 16.8. The number of aryl methyl sites for hydroxylation is 1. The third-order valence-corrected chi connectivity index (χ3v) is 5.85. The van der Waals surface area contributed by atoms with Crippen molar-refractivity contribution < 1.29 is 9.90 Å². The first-order valence-electron chi connectivity index (χ1n) is 8.90. The van der Waals surface area contributed by atoms with Crippen LogP contribution in [-0.2, 0) is 30.2 Å². The zero-order valence-electron chi connectivity index (χ0n) is 15.6. The van der Waals surface area contributed by atoms with Crippen molar-refractivity contribution in [2.24, 2.45) is 0 Å². The molecule has 7 heteroatoms. The largest absolute Gasteiger partial charge is 0.390 e. The number of halogens is 1. The van der Waals surface area contributed by atoms with Gasteiger partial charge in [0.25, 0.3) is 0 Å². The minimum atomic E-state index is -0.156. The molecule has 3 aromatic rings. The van der Waals surface area contributed by atoms with E-state index in [2.05, 4.69) is 26.2 Å². The summed E-state index contributed by atoms with van der Waals surface area (Å²) in [7, 11) is 0. The molecule has 0 atom stereocenters. The van der Waals surface area contributed by atoms with E-state index in [0.717, 1.165) is 26.5 Å². The number of carbonyl (C=O) groups is 1. The molecule has 1 amide bonds. The van der Waals surface area contributed by atoms with E-state index in [9.17, 15) is 9.90 Å². The molecule has 0 saturated heterocycles. The Kier molecular flexibility index (Phi) is 7.30. The first kappa shape index (κ1) is 20.6. The summed E-state index contributed by atoms with van der Waals surface area (Å²) in [5.74, 6) is 0.624. The first-order valence-corrected chi connectivity index (χ1v) is 10.7. The fraction of sp³-hybridized carbons (Fsp3) is 0.238. The van der Waals surface area contributed by atoms with Crippen LogP contribution in [0.1, 0.15) is 22.4 Å². The van der Waals surface area contributed by atoms with Gasteiger partial charge in [-0.25, -0.2) is 4.98 Å². The van der Waals surface area contributed by atoms with Crippen molar-refractivity contribution in [1.29, 1.82) is 0 Å². The molecule has 0 saturated carbocycles. The monoisotopic (exact) mass is 459 g/mol. The van der Waals surface area contributed by atoms with Crippen LogP contribution in [0.2, 0.25) is 0 Å². The fourth-order valence-corrected chi connectivity index (χ4v) is 3.85. The lowest BCUT2D eigenvalue weighted by Crippen LogP contribution is -2.28. The molecule has 146 valence electrons. The Morgan fingerprint density at radius 3 is 2.50 bits per heavy atom. The Morgan fingerprint density at radius 1 is 1.14 bits per heavy atom. The zero-order valence-corrected chi connectivity index (χ0v) is 18.0. The standard InChI is InChI=1S/C21H22BrN3O2S/c1-15-2-4-16(5-3-15)10-23-20(27)12-25-19(13-26)11-24-21(25)28-14-17-6-8-18(22)9-7-17/h2-9,11,26H,10,12-14H2,1H3,(H,23,27). The summed E-state index contributed by atoms with van der Waals surface area (Å²) >= 11 is 4.98. The summed E-state index contributed by atoms with van der Waals surface area (Å²) < 4.78 is 2.81. The van der Waals surface area contributed by atoms with Crippen LogP contribution in [0.3, 0.4) is 0 Å². The molecule has 0 aliphatic heterocycles. The molecular weight excluding hydrogens is 438 g/mol. The number of aromatic nitrogens is 2. The van der Waals surface area contributed by atoms with Crippen molar-refractivity contribution in [3.63, 3.8) is 0 Å². The van der Waals surface area contributed by atoms with Crippen LogP contribution in [-0.4, -0.2) is 20.6 Å². The van der Waals surface area contributed by atoms with Gasteiger partial charge in [-0.15, -0.1) is 0 Å². The highest BCUT2D eigenvalue weighted by molar-refractivity contribution is 9.10. The number of amides is 1. The Labute approximate surface area is 177 Å². The summed E-state index contributed by atoms with van der Waals surface area (Å²) in [6.07, 6.45) is 1.62. The third-order valence-electron chi connectivity index (χ3n) is 4.26. The van der Waals surface area contributed by atoms with E-state index < -0.39 is 0 Å². The van der Waals surface area contributed by atoms with Gasteiger partial charge in [-0.3, -0.25) is 4.79 Å². The topological polar surface area (TPSA) is 67.2 Å². The molecule has 0 spiro atoms. The number of rotatable bonds is 8. The minimum Gasteiger partial charge on any atom is -0.390 e. The van der Waals surface area contributed by atoms with Gasteiger partial charge in [-0.2, -0.15) is 0 Å². The highest BCUT2D eigenvalue weighted by Crippen LogP contribution is 2.24. The van der Waals surface area contributed by atoms with Gasteiger partial charge >= 0.3 is 0 Å². The number of aliphatic hydroxyl groups excluding tert-OH is 1. The molecule has 0 fully saturated rings. The predicted molar refractivity (Wildman–Crippen MR) is 115 cm³/mol.